The number of hydrogen-bond acceptors (Lipinski definition) is 10. The number of hydrogen-bond donors (Lipinski definition) is 1. The molecule has 3 aromatic heterocycles. The van der Waals surface area contributed by atoms with Crippen LogP contribution in [0.1, 0.15) is 25.6 Å². The summed E-state index contributed by atoms with van der Waals surface area (Å²) in [6.07, 6.45) is 3.35. The van der Waals surface area contributed by atoms with E-state index in [2.05, 4.69) is 20.5 Å². The summed E-state index contributed by atoms with van der Waals surface area (Å²) in [6.45, 7) is 1.60. The lowest BCUT2D eigenvalue weighted by atomic mass is 10.1. The second kappa shape index (κ2) is 9.71. The Labute approximate surface area is 186 Å². The summed E-state index contributed by atoms with van der Waals surface area (Å²) in [5, 5.41) is 11.7. The first-order valence-corrected chi connectivity index (χ1v) is 10.7. The number of thiophene rings is 1. The minimum atomic E-state index is -0.652. The molecule has 0 atom stereocenters. The number of amides is 1. The van der Waals surface area contributed by atoms with Crippen LogP contribution in [0, 0.1) is 6.92 Å². The Morgan fingerprint density at radius 3 is 2.58 bits per heavy atom. The maximum absolute atomic E-state index is 12.5. The normalized spacial score (nSPS) is 10.6. The van der Waals surface area contributed by atoms with E-state index in [0.717, 1.165) is 16.9 Å². The molecule has 0 bridgehead atoms. The second-order valence-corrected chi connectivity index (χ2v) is 8.15. The number of nitrogens with one attached hydrogen (secondary N) is 1. The lowest BCUT2D eigenvalue weighted by Crippen LogP contribution is -2.16. The molecule has 0 radical (unpaired) electrons. The number of carbonyl (C=O) groups is 3. The Morgan fingerprint density at radius 2 is 1.94 bits per heavy atom. The van der Waals surface area contributed by atoms with Gasteiger partial charge in [-0.3, -0.25) is 9.78 Å². The predicted octanol–water partition coefficient (Wildman–Crippen LogP) is 2.55. The van der Waals surface area contributed by atoms with Gasteiger partial charge < -0.3 is 19.4 Å². The third-order valence-corrected chi connectivity index (χ3v) is 6.45. The molecule has 0 aliphatic rings. The van der Waals surface area contributed by atoms with E-state index < -0.39 is 11.9 Å². The van der Waals surface area contributed by atoms with Crippen molar-refractivity contribution in [3.63, 3.8) is 0 Å². The zero-order valence-electron chi connectivity index (χ0n) is 17.2. The van der Waals surface area contributed by atoms with E-state index in [4.69, 9.17) is 9.47 Å². The molecule has 0 saturated heterocycles. The van der Waals surface area contributed by atoms with Crippen LogP contribution >= 0.6 is 23.1 Å². The van der Waals surface area contributed by atoms with Crippen molar-refractivity contribution in [1.29, 1.82) is 0 Å². The molecule has 12 heteroatoms. The largest absolute Gasteiger partial charge is 0.465 e. The van der Waals surface area contributed by atoms with Crippen LogP contribution in [0.5, 0.6) is 0 Å². The number of aromatic nitrogens is 4. The number of esters is 2. The summed E-state index contributed by atoms with van der Waals surface area (Å²) in [7, 11) is 4.27. The quantitative estimate of drug-likeness (QED) is 0.417. The molecular formula is C19H19N5O5S2. The summed E-state index contributed by atoms with van der Waals surface area (Å²) in [5.74, 6) is -0.977. The van der Waals surface area contributed by atoms with Crippen LogP contribution in [0.4, 0.5) is 5.00 Å². The van der Waals surface area contributed by atoms with Gasteiger partial charge in [0.25, 0.3) is 0 Å². The predicted molar refractivity (Wildman–Crippen MR) is 115 cm³/mol. The summed E-state index contributed by atoms with van der Waals surface area (Å²) in [4.78, 5) is 41.0. The number of pyridine rings is 1. The Bertz CT molecular complexity index is 1130. The van der Waals surface area contributed by atoms with Crippen LogP contribution in [-0.2, 0) is 21.3 Å². The molecule has 0 saturated carbocycles. The van der Waals surface area contributed by atoms with Gasteiger partial charge >= 0.3 is 11.9 Å². The first kappa shape index (κ1) is 22.4. The number of methoxy groups -OCH3 is 2. The van der Waals surface area contributed by atoms with Crippen LogP contribution < -0.4 is 5.32 Å². The molecule has 1 N–H and O–H groups in total. The fourth-order valence-electron chi connectivity index (χ4n) is 2.72. The van der Waals surface area contributed by atoms with Gasteiger partial charge in [0, 0.05) is 25.0 Å². The van der Waals surface area contributed by atoms with Gasteiger partial charge in [0.1, 0.15) is 9.88 Å². The van der Waals surface area contributed by atoms with E-state index in [1.54, 1.807) is 37.0 Å². The Morgan fingerprint density at radius 1 is 1.19 bits per heavy atom. The monoisotopic (exact) mass is 461 g/mol. The van der Waals surface area contributed by atoms with Gasteiger partial charge in [-0.05, 0) is 24.6 Å². The van der Waals surface area contributed by atoms with Crippen molar-refractivity contribution >= 4 is 45.9 Å². The topological polar surface area (TPSA) is 125 Å². The van der Waals surface area contributed by atoms with E-state index in [1.807, 2.05) is 6.07 Å². The Balaban J connectivity index is 1.74. The van der Waals surface area contributed by atoms with Gasteiger partial charge in [-0.25, -0.2) is 9.59 Å². The molecule has 0 aliphatic carbocycles. The standard InChI is InChI=1S/C19H19N5O5S2/c1-10-13(17(26)28-3)16(31-14(10)18(27)29-4)21-12(25)9-30-19-23-22-15(24(19)2)11-6-5-7-20-8-11/h5-8H,9H2,1-4H3,(H,21,25). The van der Waals surface area contributed by atoms with Gasteiger partial charge in [0.15, 0.2) is 11.0 Å². The molecule has 0 fully saturated rings. The highest BCUT2D eigenvalue weighted by Crippen LogP contribution is 2.34. The molecule has 3 aromatic rings. The lowest BCUT2D eigenvalue weighted by molar-refractivity contribution is -0.113. The van der Waals surface area contributed by atoms with Crippen LogP contribution in [0.3, 0.4) is 0 Å². The van der Waals surface area contributed by atoms with Crippen LogP contribution in [0.15, 0.2) is 29.7 Å². The van der Waals surface area contributed by atoms with Crippen LogP contribution in [0.2, 0.25) is 0 Å². The molecule has 162 valence electrons. The minimum Gasteiger partial charge on any atom is -0.465 e. The second-order valence-electron chi connectivity index (χ2n) is 6.19. The smallest absolute Gasteiger partial charge is 0.348 e. The molecule has 0 spiro atoms. The number of anilines is 1. The first-order valence-electron chi connectivity index (χ1n) is 8.89. The highest BCUT2D eigenvalue weighted by molar-refractivity contribution is 7.99. The van der Waals surface area contributed by atoms with Crippen LogP contribution in [-0.4, -0.2) is 57.6 Å². The van der Waals surface area contributed by atoms with Crippen molar-refractivity contribution in [3.8, 4) is 11.4 Å². The third kappa shape index (κ3) is 4.75. The van der Waals surface area contributed by atoms with Crippen molar-refractivity contribution in [2.24, 2.45) is 7.05 Å². The van der Waals surface area contributed by atoms with Crippen molar-refractivity contribution in [2.75, 3.05) is 25.3 Å². The SMILES string of the molecule is COC(=O)c1sc(NC(=O)CSc2nnc(-c3cccnc3)n2C)c(C(=O)OC)c1C. The molecule has 3 heterocycles. The molecule has 31 heavy (non-hydrogen) atoms. The van der Waals surface area contributed by atoms with Gasteiger partial charge in [-0.2, -0.15) is 0 Å². The number of nitrogens with zero attached hydrogens (tertiary/aromatic N) is 4. The number of thioether (sulfide) groups is 1. The number of ether oxygens (including phenoxy) is 2. The first-order chi connectivity index (χ1) is 14.9. The summed E-state index contributed by atoms with van der Waals surface area (Å²) in [6, 6.07) is 3.67. The summed E-state index contributed by atoms with van der Waals surface area (Å²) in [5.41, 5.74) is 1.32. The van der Waals surface area contributed by atoms with Gasteiger partial charge in [0.2, 0.25) is 5.91 Å². The van der Waals surface area contributed by atoms with Crippen LogP contribution in [0.25, 0.3) is 11.4 Å². The molecule has 0 aromatic carbocycles. The van der Waals surface area contributed by atoms with Crippen molar-refractivity contribution in [1.82, 2.24) is 19.7 Å². The third-order valence-electron chi connectivity index (χ3n) is 4.25. The van der Waals surface area contributed by atoms with E-state index in [-0.39, 0.29) is 27.1 Å². The number of rotatable bonds is 7. The average Bonchev–Trinajstić information content (AvgIpc) is 3.31. The molecule has 10 nitrogen and oxygen atoms in total. The van der Waals surface area contributed by atoms with E-state index >= 15 is 0 Å². The summed E-state index contributed by atoms with van der Waals surface area (Å²) >= 11 is 2.15. The highest BCUT2D eigenvalue weighted by atomic mass is 32.2. The van der Waals surface area contributed by atoms with Crippen molar-refractivity contribution in [3.05, 3.63) is 40.5 Å². The summed E-state index contributed by atoms with van der Waals surface area (Å²) < 4.78 is 11.3. The molecule has 0 aliphatic heterocycles. The molecule has 0 unspecified atom stereocenters. The van der Waals surface area contributed by atoms with E-state index in [1.165, 1.54) is 26.0 Å². The maximum Gasteiger partial charge on any atom is 0.348 e. The van der Waals surface area contributed by atoms with Gasteiger partial charge in [0.05, 0.1) is 25.5 Å². The Kier molecular flexibility index (Phi) is 7.02. The van der Waals surface area contributed by atoms with E-state index in [0.29, 0.717) is 16.5 Å². The zero-order chi connectivity index (χ0) is 22.5. The van der Waals surface area contributed by atoms with Gasteiger partial charge in [-0.1, -0.05) is 11.8 Å². The molecular weight excluding hydrogens is 442 g/mol. The fourth-order valence-corrected chi connectivity index (χ4v) is 4.56. The minimum absolute atomic E-state index is 0.0180. The zero-order valence-corrected chi connectivity index (χ0v) is 18.8. The number of carbonyl (C=O) groups excluding carboxylic acids is 3. The molecule has 3 rings (SSSR count). The van der Waals surface area contributed by atoms with Crippen molar-refractivity contribution < 1.29 is 23.9 Å². The highest BCUT2D eigenvalue weighted by Gasteiger charge is 2.27. The average molecular weight is 462 g/mol. The van der Waals surface area contributed by atoms with Gasteiger partial charge in [-0.15, -0.1) is 21.5 Å². The van der Waals surface area contributed by atoms with E-state index in [9.17, 15) is 14.4 Å². The maximum atomic E-state index is 12.5. The van der Waals surface area contributed by atoms with Crippen molar-refractivity contribution in [2.45, 2.75) is 12.1 Å². The molecule has 1 amide bonds. The fraction of sp³-hybridized carbons (Fsp3) is 0.263. The lowest BCUT2D eigenvalue weighted by Gasteiger charge is -2.06. The Hall–Kier alpha value is -3.25.